The predicted octanol–water partition coefficient (Wildman–Crippen LogP) is 6.57. The molecular weight excluding hydrogens is 568 g/mol. The number of aliphatic hydroxyl groups is 1. The van der Waals surface area contributed by atoms with Crippen LogP contribution < -0.4 is 19.1 Å². The number of carbonyl (C=O) groups excluding carboxylic acids is 3. The second-order valence-corrected chi connectivity index (χ2v) is 11.8. The van der Waals surface area contributed by atoms with Crippen molar-refractivity contribution < 1.29 is 33.7 Å². The van der Waals surface area contributed by atoms with Gasteiger partial charge in [0.1, 0.15) is 17.6 Å². The van der Waals surface area contributed by atoms with E-state index in [4.69, 9.17) is 14.2 Å². The summed E-state index contributed by atoms with van der Waals surface area (Å²) < 4.78 is 17.7. The molecule has 0 saturated carbocycles. The molecule has 0 aliphatic carbocycles. The summed E-state index contributed by atoms with van der Waals surface area (Å²) in [4.78, 5) is 45.8. The molecule has 2 aliphatic rings. The number of ketones is 2. The fraction of sp³-hybridized carbons (Fsp3) is 0.394. The molecule has 3 aromatic rings. The zero-order valence-electron chi connectivity index (χ0n) is 25.1. The number of anilines is 1. The number of benzene rings is 2. The summed E-state index contributed by atoms with van der Waals surface area (Å²) in [7, 11) is 0. The lowest BCUT2D eigenvalue weighted by Gasteiger charge is -2.24. The number of thiazole rings is 1. The van der Waals surface area contributed by atoms with Crippen molar-refractivity contribution in [1.82, 2.24) is 4.98 Å². The number of Topliss-reactive ketones (excluding diaryl/α,β-unsaturated/α-hetero) is 2. The van der Waals surface area contributed by atoms with Gasteiger partial charge in [-0.2, -0.15) is 0 Å². The van der Waals surface area contributed by atoms with E-state index < -0.39 is 17.7 Å². The van der Waals surface area contributed by atoms with Crippen LogP contribution >= 0.6 is 11.3 Å². The number of unbranched alkanes of at least 4 members (excludes halogenated alkanes) is 2. The van der Waals surface area contributed by atoms with Gasteiger partial charge >= 0.3 is 5.91 Å². The minimum absolute atomic E-state index is 0.00119. The van der Waals surface area contributed by atoms with Crippen LogP contribution in [0, 0.1) is 6.92 Å². The zero-order chi connectivity index (χ0) is 30.8. The number of aromatic nitrogens is 1. The summed E-state index contributed by atoms with van der Waals surface area (Å²) in [6.45, 7) is 9.97. The van der Waals surface area contributed by atoms with Gasteiger partial charge in [0, 0.05) is 18.9 Å². The van der Waals surface area contributed by atoms with Gasteiger partial charge in [-0.3, -0.25) is 19.3 Å². The van der Waals surface area contributed by atoms with Crippen LogP contribution in [-0.4, -0.2) is 46.9 Å². The summed E-state index contributed by atoms with van der Waals surface area (Å²) in [6, 6.07) is 9.46. The maximum atomic E-state index is 13.7. The van der Waals surface area contributed by atoms with Gasteiger partial charge in [-0.25, -0.2) is 4.98 Å². The number of hydrogen-bond donors (Lipinski definition) is 1. The first kappa shape index (κ1) is 30.3. The van der Waals surface area contributed by atoms with Crippen LogP contribution in [0.1, 0.15) is 85.1 Å². The first-order chi connectivity index (χ1) is 20.6. The highest BCUT2D eigenvalue weighted by atomic mass is 32.1. The number of amides is 1. The summed E-state index contributed by atoms with van der Waals surface area (Å²) >= 11 is 1.04. The Morgan fingerprint density at radius 2 is 1.91 bits per heavy atom. The van der Waals surface area contributed by atoms with Gasteiger partial charge in [-0.05, 0) is 68.7 Å². The van der Waals surface area contributed by atoms with Crippen LogP contribution in [0.3, 0.4) is 0 Å². The van der Waals surface area contributed by atoms with Gasteiger partial charge in [0.05, 0.1) is 35.4 Å². The van der Waals surface area contributed by atoms with Crippen molar-refractivity contribution in [2.45, 2.75) is 72.4 Å². The van der Waals surface area contributed by atoms with Crippen molar-refractivity contribution >= 4 is 39.7 Å². The molecule has 9 nitrogen and oxygen atoms in total. The highest BCUT2D eigenvalue weighted by Gasteiger charge is 2.48. The van der Waals surface area contributed by atoms with E-state index in [0.717, 1.165) is 41.9 Å². The van der Waals surface area contributed by atoms with Crippen LogP contribution in [0.5, 0.6) is 17.2 Å². The Morgan fingerprint density at radius 3 is 2.60 bits per heavy atom. The number of aryl methyl sites for hydroxylation is 1. The summed E-state index contributed by atoms with van der Waals surface area (Å²) in [5.74, 6) is -0.430. The third-order valence-corrected chi connectivity index (χ3v) is 8.77. The Morgan fingerprint density at radius 1 is 1.12 bits per heavy atom. The van der Waals surface area contributed by atoms with Crippen molar-refractivity contribution in [3.63, 3.8) is 0 Å². The van der Waals surface area contributed by atoms with E-state index >= 15 is 0 Å². The standard InChI is InChI=1S/C33H36N2O7S/c1-6-8-9-14-41-25-13-10-21(17-26(25)40-7-2)28-27(29(37)22-11-12-24-23(16-22)15-18(3)42-24)30(38)32(39)35(28)33-34-19(4)31(43-33)20(5)36/h10-13,16-18,28,37H,6-9,14-15H2,1-5H3. The van der Waals surface area contributed by atoms with Crippen molar-refractivity contribution in [1.29, 1.82) is 0 Å². The molecule has 0 spiro atoms. The Kier molecular flexibility index (Phi) is 8.87. The van der Waals surface area contributed by atoms with Crippen molar-refractivity contribution in [3.8, 4) is 17.2 Å². The first-order valence-corrected chi connectivity index (χ1v) is 15.4. The van der Waals surface area contributed by atoms with Gasteiger partial charge in [0.2, 0.25) is 0 Å². The molecule has 2 unspecified atom stereocenters. The zero-order valence-corrected chi connectivity index (χ0v) is 25.9. The fourth-order valence-corrected chi connectivity index (χ4v) is 6.49. The number of rotatable bonds is 11. The van der Waals surface area contributed by atoms with E-state index in [2.05, 4.69) is 11.9 Å². The Balaban J connectivity index is 1.65. The maximum Gasteiger partial charge on any atom is 0.301 e. The van der Waals surface area contributed by atoms with Crippen LogP contribution in [0.2, 0.25) is 0 Å². The third kappa shape index (κ3) is 5.88. The molecule has 1 fully saturated rings. The molecule has 5 rings (SSSR count). The van der Waals surface area contributed by atoms with E-state index in [-0.39, 0.29) is 28.4 Å². The van der Waals surface area contributed by atoms with Gasteiger partial charge in [0.25, 0.3) is 5.78 Å². The molecule has 1 amide bonds. The topological polar surface area (TPSA) is 115 Å². The van der Waals surface area contributed by atoms with E-state index in [1.54, 1.807) is 43.3 Å². The van der Waals surface area contributed by atoms with Gasteiger partial charge in [-0.1, -0.05) is 37.2 Å². The number of aliphatic hydroxyl groups excluding tert-OH is 1. The molecular formula is C33H36N2O7S. The lowest BCUT2D eigenvalue weighted by molar-refractivity contribution is -0.132. The van der Waals surface area contributed by atoms with E-state index in [9.17, 15) is 19.5 Å². The molecule has 2 aliphatic heterocycles. The van der Waals surface area contributed by atoms with Gasteiger partial charge < -0.3 is 19.3 Å². The third-order valence-electron chi connectivity index (χ3n) is 7.51. The average molecular weight is 605 g/mol. The molecule has 0 radical (unpaired) electrons. The maximum absolute atomic E-state index is 13.7. The SMILES string of the molecule is CCCCCOc1ccc(C2C(=C(O)c3ccc4c(c3)CC(C)O4)C(=O)C(=O)N2c2nc(C)c(C(C)=O)s2)cc1OCC. The lowest BCUT2D eigenvalue weighted by atomic mass is 9.94. The Bertz CT molecular complexity index is 1610. The molecule has 0 bridgehead atoms. The normalized spacial score (nSPS) is 19.0. The Labute approximate surface area is 255 Å². The van der Waals surface area contributed by atoms with E-state index in [0.29, 0.717) is 52.8 Å². The number of fused-ring (bicyclic) bond motifs is 1. The van der Waals surface area contributed by atoms with Crippen molar-refractivity contribution in [2.24, 2.45) is 0 Å². The molecule has 43 heavy (non-hydrogen) atoms. The van der Waals surface area contributed by atoms with Crippen LogP contribution in [0.15, 0.2) is 42.0 Å². The lowest BCUT2D eigenvalue weighted by Crippen LogP contribution is -2.29. The average Bonchev–Trinajstić information content (AvgIpc) is 3.63. The van der Waals surface area contributed by atoms with E-state index in [1.807, 2.05) is 13.8 Å². The van der Waals surface area contributed by atoms with Crippen LogP contribution in [0.4, 0.5) is 5.13 Å². The second-order valence-electron chi connectivity index (χ2n) is 10.8. The molecule has 2 aromatic carbocycles. The monoisotopic (exact) mass is 604 g/mol. The van der Waals surface area contributed by atoms with E-state index in [1.165, 1.54) is 11.8 Å². The summed E-state index contributed by atoms with van der Waals surface area (Å²) in [5.41, 5.74) is 2.23. The molecule has 10 heteroatoms. The van der Waals surface area contributed by atoms with Gasteiger partial charge in [0.15, 0.2) is 22.4 Å². The molecule has 1 N–H and O–H groups in total. The highest BCUT2D eigenvalue weighted by Crippen LogP contribution is 2.46. The molecule has 2 atom stereocenters. The minimum Gasteiger partial charge on any atom is -0.507 e. The van der Waals surface area contributed by atoms with Crippen molar-refractivity contribution in [3.05, 3.63) is 69.2 Å². The Hall–Kier alpha value is -4.18. The molecule has 226 valence electrons. The molecule has 1 saturated heterocycles. The smallest absolute Gasteiger partial charge is 0.301 e. The molecule has 1 aromatic heterocycles. The minimum atomic E-state index is -1.03. The largest absolute Gasteiger partial charge is 0.507 e. The van der Waals surface area contributed by atoms with Crippen LogP contribution in [0.25, 0.3) is 5.76 Å². The van der Waals surface area contributed by atoms with Crippen LogP contribution in [-0.2, 0) is 16.0 Å². The number of ether oxygens (including phenoxy) is 3. The highest BCUT2D eigenvalue weighted by molar-refractivity contribution is 7.18. The quantitative estimate of drug-likeness (QED) is 0.0859. The predicted molar refractivity (Wildman–Crippen MR) is 165 cm³/mol. The van der Waals surface area contributed by atoms with Gasteiger partial charge in [-0.15, -0.1) is 0 Å². The number of hydrogen-bond acceptors (Lipinski definition) is 9. The fourth-order valence-electron chi connectivity index (χ4n) is 5.50. The summed E-state index contributed by atoms with van der Waals surface area (Å²) in [6.07, 6.45) is 3.67. The molecule has 3 heterocycles. The second kappa shape index (κ2) is 12.6. The number of nitrogens with zero attached hydrogens (tertiary/aromatic N) is 2. The number of carbonyl (C=O) groups is 3. The van der Waals surface area contributed by atoms with Crippen molar-refractivity contribution in [2.75, 3.05) is 18.1 Å². The first-order valence-electron chi connectivity index (χ1n) is 14.6. The summed E-state index contributed by atoms with van der Waals surface area (Å²) in [5, 5.41) is 11.9.